The van der Waals surface area contributed by atoms with Crippen LogP contribution in [0.2, 0.25) is 0 Å². The molecule has 0 bridgehead atoms. The van der Waals surface area contributed by atoms with E-state index in [0.717, 1.165) is 0 Å². The van der Waals surface area contributed by atoms with Crippen molar-refractivity contribution in [1.82, 2.24) is 15.2 Å². The molecule has 0 saturated carbocycles. The first kappa shape index (κ1) is 9.20. The molecule has 3 N–H and O–H groups in total. The summed E-state index contributed by atoms with van der Waals surface area (Å²) in [6.07, 6.45) is 2.94. The first-order valence-electron chi connectivity index (χ1n) is 4.25. The Kier molecular flexibility index (Phi) is 2.32. The minimum Gasteiger partial charge on any atom is -0.329 e. The van der Waals surface area contributed by atoms with E-state index in [-0.39, 0.29) is 11.5 Å². The standard InChI is InChI=1S/C9H8N4O2/c14-8-5-6(1-3-10-8)9(15)12-7-2-4-11-13-7/h1-5H,(H,10,14)(H2,11,12,13,15). The number of rotatable bonds is 2. The van der Waals surface area contributed by atoms with E-state index in [0.29, 0.717) is 11.4 Å². The molecule has 6 heteroatoms. The largest absolute Gasteiger partial charge is 0.329 e. The molecule has 1 amide bonds. The molecule has 0 aliphatic carbocycles. The fraction of sp³-hybridized carbons (Fsp3) is 0. The molecule has 0 unspecified atom stereocenters. The molecule has 0 radical (unpaired) electrons. The number of anilines is 1. The lowest BCUT2D eigenvalue weighted by Gasteiger charge is -2.00. The third-order valence-corrected chi connectivity index (χ3v) is 1.79. The van der Waals surface area contributed by atoms with Crippen LogP contribution in [0.5, 0.6) is 0 Å². The Bertz CT molecular complexity index is 515. The van der Waals surface area contributed by atoms with Crippen molar-refractivity contribution >= 4 is 11.7 Å². The minimum atomic E-state index is -0.356. The van der Waals surface area contributed by atoms with Crippen molar-refractivity contribution in [2.45, 2.75) is 0 Å². The summed E-state index contributed by atoms with van der Waals surface area (Å²) in [5.41, 5.74) is -0.0133. The van der Waals surface area contributed by atoms with Gasteiger partial charge in [0.2, 0.25) is 5.56 Å². The molecular formula is C9H8N4O2. The van der Waals surface area contributed by atoms with Crippen LogP contribution in [-0.2, 0) is 0 Å². The van der Waals surface area contributed by atoms with Crippen LogP contribution >= 0.6 is 0 Å². The minimum absolute atomic E-state index is 0.299. The molecule has 0 aromatic carbocycles. The van der Waals surface area contributed by atoms with Crippen LogP contribution in [0.4, 0.5) is 5.82 Å². The van der Waals surface area contributed by atoms with Crippen LogP contribution < -0.4 is 10.9 Å². The Morgan fingerprint density at radius 1 is 1.40 bits per heavy atom. The van der Waals surface area contributed by atoms with Crippen molar-refractivity contribution < 1.29 is 4.79 Å². The van der Waals surface area contributed by atoms with Crippen LogP contribution in [0, 0.1) is 0 Å². The van der Waals surface area contributed by atoms with Crippen molar-refractivity contribution in [3.63, 3.8) is 0 Å². The first-order valence-corrected chi connectivity index (χ1v) is 4.25. The quantitative estimate of drug-likeness (QED) is 0.659. The maximum atomic E-state index is 11.6. The summed E-state index contributed by atoms with van der Waals surface area (Å²) in [5.74, 6) is 0.130. The van der Waals surface area contributed by atoms with E-state index >= 15 is 0 Å². The summed E-state index contributed by atoms with van der Waals surface area (Å²) in [6, 6.07) is 4.36. The zero-order valence-electron chi connectivity index (χ0n) is 7.65. The number of hydrogen-bond donors (Lipinski definition) is 3. The molecule has 15 heavy (non-hydrogen) atoms. The number of carbonyl (C=O) groups is 1. The van der Waals surface area contributed by atoms with Gasteiger partial charge in [-0.05, 0) is 6.07 Å². The highest BCUT2D eigenvalue weighted by Gasteiger charge is 2.06. The predicted octanol–water partition coefficient (Wildman–Crippen LogP) is 0.350. The molecule has 2 aromatic heterocycles. The Balaban J connectivity index is 2.18. The van der Waals surface area contributed by atoms with Gasteiger partial charge in [0.25, 0.3) is 5.91 Å². The smallest absolute Gasteiger partial charge is 0.257 e. The summed E-state index contributed by atoms with van der Waals surface area (Å²) >= 11 is 0. The number of aromatic nitrogens is 3. The number of amides is 1. The van der Waals surface area contributed by atoms with Crippen molar-refractivity contribution in [3.05, 3.63) is 46.5 Å². The van der Waals surface area contributed by atoms with E-state index in [1.807, 2.05) is 0 Å². The van der Waals surface area contributed by atoms with Gasteiger partial charge in [0.1, 0.15) is 5.82 Å². The third-order valence-electron chi connectivity index (χ3n) is 1.79. The number of pyridine rings is 1. The Hall–Kier alpha value is -2.37. The van der Waals surface area contributed by atoms with Crippen LogP contribution in [0.1, 0.15) is 10.4 Å². The topological polar surface area (TPSA) is 90.6 Å². The van der Waals surface area contributed by atoms with Gasteiger partial charge < -0.3 is 10.3 Å². The summed E-state index contributed by atoms with van der Waals surface area (Å²) < 4.78 is 0. The van der Waals surface area contributed by atoms with Gasteiger partial charge in [-0.3, -0.25) is 14.7 Å². The van der Waals surface area contributed by atoms with E-state index in [2.05, 4.69) is 20.5 Å². The normalized spacial score (nSPS) is 9.87. The van der Waals surface area contributed by atoms with Crippen LogP contribution in [0.25, 0.3) is 0 Å². The molecule has 2 rings (SSSR count). The Labute approximate surface area is 84.3 Å². The Morgan fingerprint density at radius 3 is 2.93 bits per heavy atom. The molecule has 0 fully saturated rings. The number of nitrogens with one attached hydrogen (secondary N) is 3. The Morgan fingerprint density at radius 2 is 2.27 bits per heavy atom. The molecule has 0 spiro atoms. The number of aromatic amines is 2. The second-order valence-corrected chi connectivity index (χ2v) is 2.87. The van der Waals surface area contributed by atoms with Crippen molar-refractivity contribution in [2.24, 2.45) is 0 Å². The molecule has 0 saturated heterocycles. The molecule has 2 heterocycles. The lowest BCUT2D eigenvalue weighted by atomic mass is 10.2. The summed E-state index contributed by atoms with van der Waals surface area (Å²) in [5, 5.41) is 8.82. The molecule has 2 aromatic rings. The molecule has 6 nitrogen and oxygen atoms in total. The van der Waals surface area contributed by atoms with Gasteiger partial charge in [0, 0.05) is 23.9 Å². The first-order chi connectivity index (χ1) is 7.25. The zero-order chi connectivity index (χ0) is 10.7. The molecular weight excluding hydrogens is 196 g/mol. The van der Waals surface area contributed by atoms with Gasteiger partial charge >= 0.3 is 0 Å². The predicted molar refractivity (Wildman–Crippen MR) is 53.6 cm³/mol. The highest BCUT2D eigenvalue weighted by molar-refractivity contribution is 6.03. The molecule has 0 aliphatic rings. The fourth-order valence-corrected chi connectivity index (χ4v) is 1.11. The van der Waals surface area contributed by atoms with Crippen molar-refractivity contribution in [3.8, 4) is 0 Å². The maximum absolute atomic E-state index is 11.6. The number of hydrogen-bond acceptors (Lipinski definition) is 3. The second-order valence-electron chi connectivity index (χ2n) is 2.87. The van der Waals surface area contributed by atoms with Crippen LogP contribution in [0.3, 0.4) is 0 Å². The van der Waals surface area contributed by atoms with Gasteiger partial charge in [0.15, 0.2) is 0 Å². The van der Waals surface area contributed by atoms with Crippen molar-refractivity contribution in [2.75, 3.05) is 5.32 Å². The van der Waals surface area contributed by atoms with E-state index in [9.17, 15) is 9.59 Å². The van der Waals surface area contributed by atoms with Gasteiger partial charge in [0.05, 0.1) is 6.20 Å². The van der Waals surface area contributed by atoms with Crippen molar-refractivity contribution in [1.29, 1.82) is 0 Å². The molecule has 0 atom stereocenters. The van der Waals surface area contributed by atoms with Crippen LogP contribution in [0.15, 0.2) is 35.4 Å². The monoisotopic (exact) mass is 204 g/mol. The van der Waals surface area contributed by atoms with Gasteiger partial charge in [-0.15, -0.1) is 0 Å². The summed E-state index contributed by atoms with van der Waals surface area (Å²) in [7, 11) is 0. The highest BCUT2D eigenvalue weighted by atomic mass is 16.2. The van der Waals surface area contributed by atoms with Gasteiger partial charge in [-0.25, -0.2) is 0 Å². The number of nitrogens with zero attached hydrogens (tertiary/aromatic N) is 1. The number of carbonyl (C=O) groups excluding carboxylic acids is 1. The fourth-order valence-electron chi connectivity index (χ4n) is 1.11. The lowest BCUT2D eigenvalue weighted by molar-refractivity contribution is 0.102. The van der Waals surface area contributed by atoms with E-state index in [4.69, 9.17) is 0 Å². The third kappa shape index (κ3) is 2.11. The lowest BCUT2D eigenvalue weighted by Crippen LogP contribution is -2.15. The molecule has 76 valence electrons. The SMILES string of the molecule is O=C(Nc1ccn[nH]1)c1cc[nH]c(=O)c1. The second kappa shape index (κ2) is 3.79. The number of H-pyrrole nitrogens is 2. The van der Waals surface area contributed by atoms with E-state index in [1.54, 1.807) is 6.07 Å². The van der Waals surface area contributed by atoms with Gasteiger partial charge in [-0.2, -0.15) is 5.10 Å². The average Bonchev–Trinajstić information content (AvgIpc) is 2.70. The maximum Gasteiger partial charge on any atom is 0.257 e. The zero-order valence-corrected chi connectivity index (χ0v) is 7.65. The summed E-state index contributed by atoms with van der Waals surface area (Å²) in [6.45, 7) is 0. The van der Waals surface area contributed by atoms with Gasteiger partial charge in [-0.1, -0.05) is 0 Å². The van der Waals surface area contributed by atoms with E-state index in [1.165, 1.54) is 24.5 Å². The molecule has 0 aliphatic heterocycles. The summed E-state index contributed by atoms with van der Waals surface area (Å²) in [4.78, 5) is 24.9. The van der Waals surface area contributed by atoms with Crippen LogP contribution in [-0.4, -0.2) is 21.1 Å². The van der Waals surface area contributed by atoms with E-state index < -0.39 is 0 Å². The highest BCUT2D eigenvalue weighted by Crippen LogP contribution is 2.02. The average molecular weight is 204 g/mol.